The molecular formula is C24H22N2O4S. The number of benzene rings is 3. The van der Waals surface area contributed by atoms with E-state index in [1.807, 2.05) is 61.5 Å². The van der Waals surface area contributed by atoms with Crippen LogP contribution in [0.4, 0.5) is 0 Å². The highest BCUT2D eigenvalue weighted by molar-refractivity contribution is 7.16. The van der Waals surface area contributed by atoms with Crippen LogP contribution in [0.25, 0.3) is 21.0 Å². The predicted octanol–water partition coefficient (Wildman–Crippen LogP) is 4.56. The number of carbonyl (C=O) groups excluding carboxylic acids is 2. The Morgan fingerprint density at radius 2 is 1.77 bits per heavy atom. The van der Waals surface area contributed by atoms with E-state index in [9.17, 15) is 9.59 Å². The van der Waals surface area contributed by atoms with E-state index >= 15 is 0 Å². The van der Waals surface area contributed by atoms with Crippen molar-refractivity contribution in [2.24, 2.45) is 4.99 Å². The van der Waals surface area contributed by atoms with Crippen LogP contribution in [0.5, 0.6) is 5.75 Å². The summed E-state index contributed by atoms with van der Waals surface area (Å²) in [6, 6.07) is 19.0. The molecule has 0 saturated carbocycles. The number of hydrogen-bond donors (Lipinski definition) is 0. The Morgan fingerprint density at radius 3 is 2.55 bits per heavy atom. The molecule has 0 aliphatic heterocycles. The maximum absolute atomic E-state index is 13.0. The third-order valence-corrected chi connectivity index (χ3v) is 5.79. The fourth-order valence-corrected chi connectivity index (χ4v) is 4.41. The summed E-state index contributed by atoms with van der Waals surface area (Å²) in [5.74, 6) is -0.0115. The molecule has 0 N–H and O–H groups in total. The third kappa shape index (κ3) is 4.51. The molecule has 0 fully saturated rings. The largest absolute Gasteiger partial charge is 0.494 e. The lowest BCUT2D eigenvalue weighted by molar-refractivity contribution is -0.143. The average molecular weight is 435 g/mol. The van der Waals surface area contributed by atoms with Crippen molar-refractivity contribution in [1.82, 2.24) is 4.57 Å². The molecule has 0 bridgehead atoms. The molecule has 158 valence electrons. The van der Waals surface area contributed by atoms with Crippen molar-refractivity contribution < 1.29 is 19.1 Å². The monoisotopic (exact) mass is 434 g/mol. The van der Waals surface area contributed by atoms with Gasteiger partial charge in [-0.1, -0.05) is 41.7 Å². The Balaban J connectivity index is 1.79. The van der Waals surface area contributed by atoms with Gasteiger partial charge in [-0.05, 0) is 55.0 Å². The molecule has 0 spiro atoms. The highest BCUT2D eigenvalue weighted by Crippen LogP contribution is 2.24. The van der Waals surface area contributed by atoms with Crippen molar-refractivity contribution in [3.63, 3.8) is 0 Å². The van der Waals surface area contributed by atoms with Gasteiger partial charge in [0.25, 0.3) is 5.91 Å². The highest BCUT2D eigenvalue weighted by Gasteiger charge is 2.14. The fraction of sp³-hybridized carbons (Fsp3) is 0.208. The summed E-state index contributed by atoms with van der Waals surface area (Å²) in [7, 11) is 0. The molecular weight excluding hydrogens is 412 g/mol. The molecule has 3 aromatic carbocycles. The summed E-state index contributed by atoms with van der Waals surface area (Å²) in [6.07, 6.45) is 0. The van der Waals surface area contributed by atoms with Crippen LogP contribution >= 0.6 is 11.3 Å². The molecule has 0 saturated heterocycles. The maximum atomic E-state index is 13.0. The van der Waals surface area contributed by atoms with Gasteiger partial charge in [0.1, 0.15) is 12.3 Å². The first-order valence-corrected chi connectivity index (χ1v) is 10.9. The van der Waals surface area contributed by atoms with E-state index in [1.54, 1.807) is 17.6 Å². The number of nitrogens with zero attached hydrogens (tertiary/aromatic N) is 2. The average Bonchev–Trinajstić information content (AvgIpc) is 3.09. The summed E-state index contributed by atoms with van der Waals surface area (Å²) in [4.78, 5) is 29.9. The molecule has 1 amide bonds. The Hall–Kier alpha value is -3.45. The van der Waals surface area contributed by atoms with Crippen molar-refractivity contribution in [2.75, 3.05) is 13.2 Å². The van der Waals surface area contributed by atoms with Crippen molar-refractivity contribution >= 4 is 44.2 Å². The van der Waals surface area contributed by atoms with E-state index in [-0.39, 0.29) is 18.4 Å². The summed E-state index contributed by atoms with van der Waals surface area (Å²) in [5, 5.41) is 2.03. The first kappa shape index (κ1) is 20.8. The maximum Gasteiger partial charge on any atom is 0.326 e. The van der Waals surface area contributed by atoms with E-state index < -0.39 is 0 Å². The van der Waals surface area contributed by atoms with E-state index in [1.165, 1.54) is 11.3 Å². The van der Waals surface area contributed by atoms with Gasteiger partial charge in [-0.3, -0.25) is 9.59 Å². The number of amides is 1. The standard InChI is InChI=1S/C24H22N2O4S/c1-3-29-19-11-12-20-21(14-19)31-24(26(20)15-22(27)30-4-2)25-23(28)18-10-9-16-7-5-6-8-17(16)13-18/h5-14H,3-4,15H2,1-2H3. The Bertz CT molecular complexity index is 1340. The SMILES string of the molecule is CCOC(=O)Cn1c(=NC(=O)c2ccc3ccccc3c2)sc2cc(OCC)ccc21. The molecule has 31 heavy (non-hydrogen) atoms. The van der Waals surface area contributed by atoms with Crippen LogP contribution in [-0.2, 0) is 16.1 Å². The minimum absolute atomic E-state index is 0.0222. The second-order valence-electron chi connectivity index (χ2n) is 6.82. The van der Waals surface area contributed by atoms with Gasteiger partial charge in [0.05, 0.1) is 23.4 Å². The number of ether oxygens (including phenoxy) is 2. The number of hydrogen-bond acceptors (Lipinski definition) is 5. The summed E-state index contributed by atoms with van der Waals surface area (Å²) < 4.78 is 13.3. The summed E-state index contributed by atoms with van der Waals surface area (Å²) in [5.41, 5.74) is 1.29. The van der Waals surface area contributed by atoms with Gasteiger partial charge in [0.2, 0.25) is 0 Å². The number of carbonyl (C=O) groups is 2. The number of esters is 1. The van der Waals surface area contributed by atoms with E-state index in [0.29, 0.717) is 23.6 Å². The number of aromatic nitrogens is 1. The molecule has 4 aromatic rings. The van der Waals surface area contributed by atoms with Gasteiger partial charge in [0, 0.05) is 5.56 Å². The van der Waals surface area contributed by atoms with Gasteiger partial charge in [-0.15, -0.1) is 0 Å². The van der Waals surface area contributed by atoms with Crippen LogP contribution in [0.15, 0.2) is 65.7 Å². The normalized spacial score (nSPS) is 11.7. The first-order valence-electron chi connectivity index (χ1n) is 10.1. The molecule has 0 radical (unpaired) electrons. The molecule has 0 atom stereocenters. The van der Waals surface area contributed by atoms with Crippen LogP contribution in [0.3, 0.4) is 0 Å². The molecule has 4 rings (SSSR count). The minimum Gasteiger partial charge on any atom is -0.494 e. The zero-order chi connectivity index (χ0) is 21.8. The topological polar surface area (TPSA) is 69.9 Å². The number of thiazole rings is 1. The van der Waals surface area contributed by atoms with Crippen molar-refractivity contribution in [2.45, 2.75) is 20.4 Å². The van der Waals surface area contributed by atoms with E-state index in [4.69, 9.17) is 9.47 Å². The molecule has 7 heteroatoms. The number of fused-ring (bicyclic) bond motifs is 2. The number of rotatable bonds is 6. The zero-order valence-corrected chi connectivity index (χ0v) is 18.1. The molecule has 0 aliphatic carbocycles. The lowest BCUT2D eigenvalue weighted by Crippen LogP contribution is -2.23. The minimum atomic E-state index is -0.379. The Labute approximate surface area is 183 Å². The van der Waals surface area contributed by atoms with E-state index in [2.05, 4.69) is 4.99 Å². The predicted molar refractivity (Wildman–Crippen MR) is 121 cm³/mol. The first-order chi connectivity index (χ1) is 15.1. The molecule has 1 heterocycles. The quantitative estimate of drug-likeness (QED) is 0.417. The lowest BCUT2D eigenvalue weighted by atomic mass is 10.1. The second kappa shape index (κ2) is 9.14. The highest BCUT2D eigenvalue weighted by atomic mass is 32.1. The molecule has 0 aliphatic rings. The van der Waals surface area contributed by atoms with Crippen LogP contribution in [-0.4, -0.2) is 29.7 Å². The summed E-state index contributed by atoms with van der Waals surface area (Å²) >= 11 is 1.34. The zero-order valence-electron chi connectivity index (χ0n) is 17.3. The Morgan fingerprint density at radius 1 is 0.968 bits per heavy atom. The molecule has 1 aromatic heterocycles. The molecule has 6 nitrogen and oxygen atoms in total. The van der Waals surface area contributed by atoms with Crippen molar-refractivity contribution in [1.29, 1.82) is 0 Å². The van der Waals surface area contributed by atoms with Gasteiger partial charge < -0.3 is 14.0 Å². The van der Waals surface area contributed by atoms with Crippen LogP contribution in [0.1, 0.15) is 24.2 Å². The molecule has 0 unspecified atom stereocenters. The van der Waals surface area contributed by atoms with Gasteiger partial charge in [0.15, 0.2) is 4.80 Å². The van der Waals surface area contributed by atoms with Gasteiger partial charge in [-0.25, -0.2) is 0 Å². The van der Waals surface area contributed by atoms with Crippen LogP contribution in [0, 0.1) is 0 Å². The lowest BCUT2D eigenvalue weighted by Gasteiger charge is -2.06. The van der Waals surface area contributed by atoms with Crippen LogP contribution in [0.2, 0.25) is 0 Å². The fourth-order valence-electron chi connectivity index (χ4n) is 3.36. The second-order valence-corrected chi connectivity index (χ2v) is 7.83. The Kier molecular flexibility index (Phi) is 6.13. The van der Waals surface area contributed by atoms with Crippen molar-refractivity contribution in [3.05, 3.63) is 71.0 Å². The van der Waals surface area contributed by atoms with Gasteiger partial charge >= 0.3 is 5.97 Å². The van der Waals surface area contributed by atoms with Crippen LogP contribution < -0.4 is 9.54 Å². The van der Waals surface area contributed by atoms with Crippen molar-refractivity contribution in [3.8, 4) is 5.75 Å². The summed E-state index contributed by atoms with van der Waals surface area (Å²) in [6.45, 7) is 4.50. The van der Waals surface area contributed by atoms with E-state index in [0.717, 1.165) is 26.7 Å². The third-order valence-electron chi connectivity index (χ3n) is 4.75. The smallest absolute Gasteiger partial charge is 0.326 e. The van der Waals surface area contributed by atoms with Gasteiger partial charge in [-0.2, -0.15) is 4.99 Å².